The van der Waals surface area contributed by atoms with Gasteiger partial charge in [0.15, 0.2) is 0 Å². The van der Waals surface area contributed by atoms with Crippen LogP contribution in [0.4, 0.5) is 0 Å². The molecule has 0 aromatic rings. The first-order chi connectivity index (χ1) is 8.02. The molecule has 2 rings (SSSR count). The molecule has 0 aliphatic carbocycles. The van der Waals surface area contributed by atoms with Gasteiger partial charge in [-0.15, -0.1) is 0 Å². The van der Waals surface area contributed by atoms with E-state index in [2.05, 4.69) is 37.9 Å². The first-order valence-corrected chi connectivity index (χ1v) is 7.15. The van der Waals surface area contributed by atoms with Crippen molar-refractivity contribution in [3.63, 3.8) is 0 Å². The van der Waals surface area contributed by atoms with Gasteiger partial charge in [-0.05, 0) is 39.7 Å². The number of hydrogen-bond acceptors (Lipinski definition) is 3. The van der Waals surface area contributed by atoms with E-state index < -0.39 is 0 Å². The molecule has 17 heavy (non-hydrogen) atoms. The van der Waals surface area contributed by atoms with Gasteiger partial charge in [0, 0.05) is 30.8 Å². The molecule has 100 valence electrons. The van der Waals surface area contributed by atoms with Crippen molar-refractivity contribution in [2.75, 3.05) is 19.7 Å². The molecule has 2 aliphatic rings. The molecule has 3 atom stereocenters. The fourth-order valence-corrected chi connectivity index (χ4v) is 3.29. The second-order valence-corrected chi connectivity index (χ2v) is 6.23. The Hall–Kier alpha value is -0.120. The molecular formula is C14H28N2O. The Morgan fingerprint density at radius 1 is 1.41 bits per heavy atom. The van der Waals surface area contributed by atoms with E-state index in [9.17, 15) is 0 Å². The Morgan fingerprint density at radius 3 is 2.76 bits per heavy atom. The van der Waals surface area contributed by atoms with Crippen molar-refractivity contribution in [2.45, 2.75) is 70.7 Å². The van der Waals surface area contributed by atoms with Gasteiger partial charge in [-0.25, -0.2) is 0 Å². The first kappa shape index (κ1) is 13.3. The van der Waals surface area contributed by atoms with Crippen LogP contribution in [-0.2, 0) is 4.74 Å². The van der Waals surface area contributed by atoms with Crippen molar-refractivity contribution < 1.29 is 4.74 Å². The van der Waals surface area contributed by atoms with E-state index in [1.54, 1.807) is 0 Å². The first-order valence-electron chi connectivity index (χ1n) is 7.15. The zero-order valence-electron chi connectivity index (χ0n) is 11.8. The van der Waals surface area contributed by atoms with Crippen LogP contribution in [0.3, 0.4) is 0 Å². The molecule has 2 heterocycles. The summed E-state index contributed by atoms with van der Waals surface area (Å²) < 4.78 is 5.78. The van der Waals surface area contributed by atoms with Crippen molar-refractivity contribution in [3.8, 4) is 0 Å². The van der Waals surface area contributed by atoms with Gasteiger partial charge in [0.05, 0.1) is 6.10 Å². The van der Waals surface area contributed by atoms with E-state index in [1.165, 1.54) is 32.4 Å². The molecular weight excluding hydrogens is 212 g/mol. The van der Waals surface area contributed by atoms with E-state index in [1.807, 2.05) is 0 Å². The number of ether oxygens (including phenoxy) is 1. The summed E-state index contributed by atoms with van der Waals surface area (Å²) in [5.74, 6) is 0. The molecule has 1 N–H and O–H groups in total. The molecule has 2 saturated heterocycles. The summed E-state index contributed by atoms with van der Waals surface area (Å²) in [6, 6.07) is 1.25. The maximum Gasteiger partial charge on any atom is 0.0728 e. The molecule has 0 spiro atoms. The van der Waals surface area contributed by atoms with Gasteiger partial charge in [0.2, 0.25) is 0 Å². The molecule has 3 unspecified atom stereocenters. The average molecular weight is 240 g/mol. The van der Waals surface area contributed by atoms with Crippen molar-refractivity contribution >= 4 is 0 Å². The van der Waals surface area contributed by atoms with Crippen molar-refractivity contribution in [1.29, 1.82) is 0 Å². The predicted molar refractivity (Wildman–Crippen MR) is 71.3 cm³/mol. The van der Waals surface area contributed by atoms with Gasteiger partial charge >= 0.3 is 0 Å². The Kier molecular flexibility index (Phi) is 4.11. The lowest BCUT2D eigenvalue weighted by Gasteiger charge is -2.45. The normalized spacial score (nSPS) is 40.1. The summed E-state index contributed by atoms with van der Waals surface area (Å²) in [5, 5.41) is 3.68. The molecule has 0 aromatic carbocycles. The van der Waals surface area contributed by atoms with Crippen LogP contribution in [-0.4, -0.2) is 48.3 Å². The van der Waals surface area contributed by atoms with Crippen LogP contribution < -0.4 is 5.32 Å². The minimum Gasteiger partial charge on any atom is -0.377 e. The Balaban J connectivity index is 1.97. The molecule has 0 radical (unpaired) electrons. The van der Waals surface area contributed by atoms with E-state index in [0.29, 0.717) is 18.2 Å². The number of piperidine rings is 1. The summed E-state index contributed by atoms with van der Waals surface area (Å²) in [4.78, 5) is 2.66. The number of hydrogen-bond donors (Lipinski definition) is 1. The third-order valence-corrected chi connectivity index (χ3v) is 4.56. The van der Waals surface area contributed by atoms with E-state index in [0.717, 1.165) is 6.61 Å². The molecule has 0 bridgehead atoms. The van der Waals surface area contributed by atoms with E-state index in [4.69, 9.17) is 4.74 Å². The highest BCUT2D eigenvalue weighted by molar-refractivity contribution is 4.98. The van der Waals surface area contributed by atoms with Gasteiger partial charge in [-0.3, -0.25) is 4.90 Å². The van der Waals surface area contributed by atoms with E-state index >= 15 is 0 Å². The predicted octanol–water partition coefficient (Wildman–Crippen LogP) is 2.02. The lowest BCUT2D eigenvalue weighted by Crippen LogP contribution is -2.58. The van der Waals surface area contributed by atoms with Crippen molar-refractivity contribution in [1.82, 2.24) is 10.2 Å². The summed E-state index contributed by atoms with van der Waals surface area (Å²) in [7, 11) is 0. The van der Waals surface area contributed by atoms with Crippen molar-refractivity contribution in [3.05, 3.63) is 0 Å². The Morgan fingerprint density at radius 2 is 2.18 bits per heavy atom. The number of nitrogens with one attached hydrogen (secondary N) is 1. The van der Waals surface area contributed by atoms with Crippen LogP contribution in [0, 0.1) is 0 Å². The van der Waals surface area contributed by atoms with Gasteiger partial charge in [-0.1, -0.05) is 13.8 Å². The second-order valence-electron chi connectivity index (χ2n) is 6.23. The molecule has 0 amide bonds. The minimum atomic E-state index is 0.261. The third-order valence-electron chi connectivity index (χ3n) is 4.56. The fourth-order valence-electron chi connectivity index (χ4n) is 3.29. The van der Waals surface area contributed by atoms with Crippen LogP contribution in [0.2, 0.25) is 0 Å². The summed E-state index contributed by atoms with van der Waals surface area (Å²) in [6.45, 7) is 12.4. The van der Waals surface area contributed by atoms with E-state index in [-0.39, 0.29) is 5.54 Å². The highest BCUT2D eigenvalue weighted by Gasteiger charge is 2.43. The summed E-state index contributed by atoms with van der Waals surface area (Å²) in [6.07, 6.45) is 4.19. The monoisotopic (exact) mass is 240 g/mol. The summed E-state index contributed by atoms with van der Waals surface area (Å²) >= 11 is 0. The lowest BCUT2D eigenvalue weighted by molar-refractivity contribution is 0.00257. The Labute approximate surface area is 106 Å². The van der Waals surface area contributed by atoms with Crippen LogP contribution in [0.25, 0.3) is 0 Å². The standard InChI is InChI=1S/C14H28N2O/c1-11(2)15-13-6-5-8-16(10-13)14(4)7-9-17-12(14)3/h11-13,15H,5-10H2,1-4H3. The zero-order chi connectivity index (χ0) is 12.5. The van der Waals surface area contributed by atoms with Crippen LogP contribution >= 0.6 is 0 Å². The number of likely N-dealkylation sites (tertiary alicyclic amines) is 1. The SMILES string of the molecule is CC(C)NC1CCCN(C2(C)CCOC2C)C1. The van der Waals surface area contributed by atoms with Crippen LogP contribution in [0.15, 0.2) is 0 Å². The topological polar surface area (TPSA) is 24.5 Å². The third kappa shape index (κ3) is 2.83. The maximum absolute atomic E-state index is 5.78. The number of rotatable bonds is 3. The smallest absolute Gasteiger partial charge is 0.0728 e. The highest BCUT2D eigenvalue weighted by Crippen LogP contribution is 2.33. The highest BCUT2D eigenvalue weighted by atomic mass is 16.5. The average Bonchev–Trinajstić information content (AvgIpc) is 2.60. The molecule has 2 aliphatic heterocycles. The Bertz CT molecular complexity index is 257. The molecule has 0 aromatic heterocycles. The quantitative estimate of drug-likeness (QED) is 0.817. The summed E-state index contributed by atoms with van der Waals surface area (Å²) in [5.41, 5.74) is 0.261. The lowest BCUT2D eigenvalue weighted by atomic mass is 9.89. The molecule has 3 nitrogen and oxygen atoms in total. The fraction of sp³-hybridized carbons (Fsp3) is 1.00. The molecule has 0 saturated carbocycles. The minimum absolute atomic E-state index is 0.261. The van der Waals surface area contributed by atoms with Gasteiger partial charge in [0.1, 0.15) is 0 Å². The number of nitrogens with zero attached hydrogens (tertiary/aromatic N) is 1. The van der Waals surface area contributed by atoms with Crippen LogP contribution in [0.5, 0.6) is 0 Å². The van der Waals surface area contributed by atoms with Crippen LogP contribution in [0.1, 0.15) is 47.0 Å². The van der Waals surface area contributed by atoms with Gasteiger partial charge < -0.3 is 10.1 Å². The van der Waals surface area contributed by atoms with Gasteiger partial charge in [0.25, 0.3) is 0 Å². The maximum atomic E-state index is 5.78. The zero-order valence-corrected chi connectivity index (χ0v) is 11.8. The second kappa shape index (κ2) is 5.25. The van der Waals surface area contributed by atoms with Crippen molar-refractivity contribution in [2.24, 2.45) is 0 Å². The van der Waals surface area contributed by atoms with Gasteiger partial charge in [-0.2, -0.15) is 0 Å². The largest absolute Gasteiger partial charge is 0.377 e. The molecule has 3 heteroatoms. The molecule has 2 fully saturated rings.